The van der Waals surface area contributed by atoms with Crippen LogP contribution < -0.4 is 5.01 Å². The van der Waals surface area contributed by atoms with Crippen LogP contribution in [-0.2, 0) is 23.9 Å². The molecule has 0 bridgehead atoms. The molecule has 26 heavy (non-hydrogen) atoms. The number of thioether (sulfide) groups is 2. The Kier molecular flexibility index (Phi) is 7.28. The zero-order valence-corrected chi connectivity index (χ0v) is 16.2. The van der Waals surface area contributed by atoms with E-state index in [1.807, 2.05) is 18.2 Å². The summed E-state index contributed by atoms with van der Waals surface area (Å²) < 4.78 is 9.82. The molecular formula is C17H18N2O5S2. The third-order valence-corrected chi connectivity index (χ3v) is 5.72. The fraction of sp³-hybridized carbons (Fsp3) is 0.294. The summed E-state index contributed by atoms with van der Waals surface area (Å²) in [6.45, 7) is 1.72. The Hall–Kier alpha value is -2.26. The maximum absolute atomic E-state index is 12.9. The largest absolute Gasteiger partial charge is 0.468 e. The number of para-hydroxylation sites is 1. The van der Waals surface area contributed by atoms with Crippen molar-refractivity contribution in [3.05, 3.63) is 40.1 Å². The van der Waals surface area contributed by atoms with Crippen LogP contribution in [0, 0.1) is 0 Å². The van der Waals surface area contributed by atoms with Crippen molar-refractivity contribution in [1.29, 1.82) is 0 Å². The van der Waals surface area contributed by atoms with E-state index in [2.05, 4.69) is 14.6 Å². The van der Waals surface area contributed by atoms with Crippen LogP contribution in [0.1, 0.15) is 6.92 Å². The molecule has 1 aromatic rings. The van der Waals surface area contributed by atoms with Gasteiger partial charge in [-0.05, 0) is 19.1 Å². The zero-order chi connectivity index (χ0) is 19.1. The number of nitrogens with zero attached hydrogens (tertiary/aromatic N) is 2. The lowest BCUT2D eigenvalue weighted by molar-refractivity contribution is -0.138. The van der Waals surface area contributed by atoms with Crippen LogP contribution in [-0.4, -0.2) is 49.3 Å². The van der Waals surface area contributed by atoms with Gasteiger partial charge in [-0.15, -0.1) is 23.5 Å². The van der Waals surface area contributed by atoms with E-state index in [0.717, 1.165) is 23.5 Å². The molecule has 0 aromatic heterocycles. The van der Waals surface area contributed by atoms with Crippen LogP contribution in [0.4, 0.5) is 5.69 Å². The summed E-state index contributed by atoms with van der Waals surface area (Å²) in [6, 6.07) is 9.03. The van der Waals surface area contributed by atoms with Gasteiger partial charge in [0.15, 0.2) is 0 Å². The summed E-state index contributed by atoms with van der Waals surface area (Å²) in [7, 11) is 2.59. The number of amides is 1. The van der Waals surface area contributed by atoms with Crippen molar-refractivity contribution in [3.8, 4) is 0 Å². The molecule has 0 N–H and O–H groups in total. The Morgan fingerprint density at radius 2 is 1.58 bits per heavy atom. The number of hydrogen-bond acceptors (Lipinski definition) is 8. The van der Waals surface area contributed by atoms with E-state index >= 15 is 0 Å². The molecule has 1 amide bonds. The highest BCUT2D eigenvalue weighted by atomic mass is 32.2. The average Bonchev–Trinajstić information content (AvgIpc) is 2.96. The second-order valence-corrected chi connectivity index (χ2v) is 7.26. The average molecular weight is 394 g/mol. The molecule has 0 radical (unpaired) electrons. The smallest absolute Gasteiger partial charge is 0.316 e. The van der Waals surface area contributed by atoms with E-state index in [-0.39, 0.29) is 17.4 Å². The fourth-order valence-electron chi connectivity index (χ4n) is 2.04. The Balaban J connectivity index is 2.31. The number of carbonyl (C=O) groups is 3. The number of ether oxygens (including phenoxy) is 2. The number of carbonyl (C=O) groups excluding carboxylic acids is 3. The predicted molar refractivity (Wildman–Crippen MR) is 103 cm³/mol. The third-order valence-electron chi connectivity index (χ3n) is 3.32. The number of rotatable bonds is 7. The minimum absolute atomic E-state index is 0.0232. The molecule has 0 aliphatic carbocycles. The highest BCUT2D eigenvalue weighted by Crippen LogP contribution is 2.36. The monoisotopic (exact) mass is 394 g/mol. The molecule has 1 aromatic carbocycles. The zero-order valence-electron chi connectivity index (χ0n) is 14.6. The van der Waals surface area contributed by atoms with Gasteiger partial charge in [0, 0.05) is 0 Å². The predicted octanol–water partition coefficient (Wildman–Crippen LogP) is 2.43. The molecule has 9 heteroatoms. The topological polar surface area (TPSA) is 85.3 Å². The van der Waals surface area contributed by atoms with Crippen LogP contribution in [0.15, 0.2) is 45.2 Å². The van der Waals surface area contributed by atoms with Gasteiger partial charge in [-0.3, -0.25) is 14.4 Å². The molecule has 1 aliphatic rings. The summed E-state index contributed by atoms with van der Waals surface area (Å²) in [4.78, 5) is 35.8. The maximum Gasteiger partial charge on any atom is 0.316 e. The molecule has 0 spiro atoms. The van der Waals surface area contributed by atoms with E-state index in [1.165, 1.54) is 19.2 Å². The first kappa shape index (κ1) is 20.1. The second kappa shape index (κ2) is 9.44. The Bertz CT molecular complexity index is 740. The van der Waals surface area contributed by atoms with Crippen LogP contribution in [0.5, 0.6) is 0 Å². The van der Waals surface area contributed by atoms with Crippen LogP contribution >= 0.6 is 23.5 Å². The number of benzene rings is 1. The van der Waals surface area contributed by atoms with Gasteiger partial charge in [-0.25, -0.2) is 0 Å². The number of anilines is 1. The molecule has 0 atom stereocenters. The van der Waals surface area contributed by atoms with E-state index < -0.39 is 11.9 Å². The van der Waals surface area contributed by atoms with Crippen molar-refractivity contribution in [2.45, 2.75) is 6.92 Å². The molecule has 2 rings (SSSR count). The van der Waals surface area contributed by atoms with Gasteiger partial charge in [0.2, 0.25) is 0 Å². The highest BCUT2D eigenvalue weighted by Gasteiger charge is 2.32. The van der Waals surface area contributed by atoms with E-state index in [1.54, 1.807) is 19.1 Å². The lowest BCUT2D eigenvalue weighted by Crippen LogP contribution is -2.22. The summed E-state index contributed by atoms with van der Waals surface area (Å²) in [5.41, 5.74) is 1.53. The Morgan fingerprint density at radius 1 is 1.04 bits per heavy atom. The molecule has 0 fully saturated rings. The fourth-order valence-corrected chi connectivity index (χ4v) is 4.22. The van der Waals surface area contributed by atoms with Crippen LogP contribution in [0.3, 0.4) is 0 Å². The van der Waals surface area contributed by atoms with Gasteiger partial charge in [-0.2, -0.15) is 10.1 Å². The quantitative estimate of drug-likeness (QED) is 0.519. The van der Waals surface area contributed by atoms with Gasteiger partial charge in [-0.1, -0.05) is 18.2 Å². The minimum Gasteiger partial charge on any atom is -0.468 e. The summed E-state index contributed by atoms with van der Waals surface area (Å²) in [5, 5.41) is 5.63. The lowest BCUT2D eigenvalue weighted by atomic mass is 10.2. The van der Waals surface area contributed by atoms with Gasteiger partial charge < -0.3 is 9.47 Å². The first-order chi connectivity index (χ1) is 12.5. The van der Waals surface area contributed by atoms with Crippen molar-refractivity contribution in [1.82, 2.24) is 0 Å². The summed E-state index contributed by atoms with van der Waals surface area (Å²) in [6.07, 6.45) is 0. The first-order valence-electron chi connectivity index (χ1n) is 7.56. The molecule has 0 saturated carbocycles. The third kappa shape index (κ3) is 4.89. The Morgan fingerprint density at radius 3 is 2.08 bits per heavy atom. The number of hydrogen-bond donors (Lipinski definition) is 0. The lowest BCUT2D eigenvalue weighted by Gasteiger charge is -2.13. The van der Waals surface area contributed by atoms with Crippen molar-refractivity contribution >= 4 is 52.8 Å². The molecule has 0 unspecified atom stereocenters. The SMILES string of the molecule is COC(=O)CSC(SCC(=O)OC)=C1C(=O)N(c2ccccc2)N=C1C. The van der Waals surface area contributed by atoms with Gasteiger partial charge in [0.1, 0.15) is 0 Å². The van der Waals surface area contributed by atoms with Crippen LogP contribution in [0.2, 0.25) is 0 Å². The number of hydrazone groups is 1. The van der Waals surface area contributed by atoms with Crippen molar-refractivity contribution in [2.75, 3.05) is 30.7 Å². The normalized spacial score (nSPS) is 13.5. The van der Waals surface area contributed by atoms with Crippen molar-refractivity contribution in [2.24, 2.45) is 5.10 Å². The van der Waals surface area contributed by atoms with E-state index in [4.69, 9.17) is 0 Å². The van der Waals surface area contributed by atoms with Crippen molar-refractivity contribution < 1.29 is 23.9 Å². The van der Waals surface area contributed by atoms with E-state index in [9.17, 15) is 14.4 Å². The molecule has 0 saturated heterocycles. The molecular weight excluding hydrogens is 376 g/mol. The highest BCUT2D eigenvalue weighted by molar-refractivity contribution is 8.22. The summed E-state index contributed by atoms with van der Waals surface area (Å²) >= 11 is 2.28. The van der Waals surface area contributed by atoms with Crippen LogP contribution in [0.25, 0.3) is 0 Å². The van der Waals surface area contributed by atoms with E-state index in [0.29, 0.717) is 21.2 Å². The van der Waals surface area contributed by atoms with Gasteiger partial charge in [0.05, 0.1) is 46.9 Å². The first-order valence-corrected chi connectivity index (χ1v) is 9.53. The minimum atomic E-state index is -0.424. The summed E-state index contributed by atoms with van der Waals surface area (Å²) in [5.74, 6) is -1.11. The number of methoxy groups -OCH3 is 2. The molecule has 138 valence electrons. The molecule has 1 aliphatic heterocycles. The Labute approximate surface area is 159 Å². The number of esters is 2. The molecule has 7 nitrogen and oxygen atoms in total. The van der Waals surface area contributed by atoms with Gasteiger partial charge in [0.25, 0.3) is 5.91 Å². The second-order valence-electron chi connectivity index (χ2n) is 5.03. The van der Waals surface area contributed by atoms with Gasteiger partial charge >= 0.3 is 11.9 Å². The standard InChI is InChI=1S/C17H18N2O5S2/c1-11-15(16(22)19(18-11)12-7-5-4-6-8-12)17(25-9-13(20)23-2)26-10-14(21)24-3/h4-8H,9-10H2,1-3H3. The maximum atomic E-state index is 12.9. The van der Waals surface area contributed by atoms with Crippen molar-refractivity contribution in [3.63, 3.8) is 0 Å². The molecule has 1 heterocycles.